The molecule has 1 atom stereocenters. The Morgan fingerprint density at radius 3 is 2.95 bits per heavy atom. The summed E-state index contributed by atoms with van der Waals surface area (Å²) in [6.45, 7) is 0.478. The molecule has 1 aliphatic heterocycles. The van der Waals surface area contributed by atoms with Gasteiger partial charge < -0.3 is 15.4 Å². The molecule has 0 spiro atoms. The number of hydrogen-bond acceptors (Lipinski definition) is 3. The van der Waals surface area contributed by atoms with Crippen LogP contribution in [0, 0.1) is 0 Å². The van der Waals surface area contributed by atoms with E-state index in [4.69, 9.17) is 4.74 Å². The molecule has 102 valence electrons. The molecule has 1 fully saturated rings. The molecule has 0 aliphatic carbocycles. The van der Waals surface area contributed by atoms with Gasteiger partial charge in [-0.05, 0) is 40.5 Å². The molecule has 1 aromatic carbocycles. The molecule has 1 unspecified atom stereocenters. The lowest BCUT2D eigenvalue weighted by Gasteiger charge is -2.23. The van der Waals surface area contributed by atoms with Gasteiger partial charge in [0.25, 0.3) is 5.91 Å². The number of rotatable bonds is 3. The van der Waals surface area contributed by atoms with Crippen LogP contribution < -0.4 is 15.4 Å². The van der Waals surface area contributed by atoms with Gasteiger partial charge in [0.1, 0.15) is 5.75 Å². The van der Waals surface area contributed by atoms with E-state index in [1.54, 1.807) is 25.3 Å². The van der Waals surface area contributed by atoms with Crippen LogP contribution in [0.3, 0.4) is 0 Å². The minimum absolute atomic E-state index is 0.0247. The van der Waals surface area contributed by atoms with Gasteiger partial charge in [-0.15, -0.1) is 0 Å². The minimum Gasteiger partial charge on any atom is -0.497 e. The van der Waals surface area contributed by atoms with Gasteiger partial charge in [0, 0.05) is 23.5 Å². The van der Waals surface area contributed by atoms with Crippen LogP contribution in [0.4, 0.5) is 0 Å². The molecule has 0 saturated carbocycles. The first-order chi connectivity index (χ1) is 9.10. The lowest BCUT2D eigenvalue weighted by atomic mass is 10.1. The van der Waals surface area contributed by atoms with Gasteiger partial charge in [-0.3, -0.25) is 9.59 Å². The van der Waals surface area contributed by atoms with Crippen molar-refractivity contribution in [3.8, 4) is 5.75 Å². The number of halogens is 1. The Kier molecular flexibility index (Phi) is 4.42. The highest BCUT2D eigenvalue weighted by Gasteiger charge is 2.21. The van der Waals surface area contributed by atoms with Gasteiger partial charge in [-0.25, -0.2) is 0 Å². The molecule has 0 aromatic heterocycles. The normalized spacial score (nSPS) is 18.6. The fraction of sp³-hybridized carbons (Fsp3) is 0.385. The third-order valence-electron chi connectivity index (χ3n) is 3.02. The summed E-state index contributed by atoms with van der Waals surface area (Å²) < 4.78 is 5.82. The van der Waals surface area contributed by atoms with Crippen molar-refractivity contribution in [2.75, 3.05) is 13.7 Å². The number of nitrogens with one attached hydrogen (secondary N) is 2. The predicted octanol–water partition coefficient (Wildman–Crippen LogP) is 1.47. The van der Waals surface area contributed by atoms with Crippen LogP contribution in [0.25, 0.3) is 0 Å². The smallest absolute Gasteiger partial charge is 0.252 e. The highest BCUT2D eigenvalue weighted by atomic mass is 79.9. The third kappa shape index (κ3) is 3.47. The van der Waals surface area contributed by atoms with Gasteiger partial charge in [0.15, 0.2) is 0 Å². The summed E-state index contributed by atoms with van der Waals surface area (Å²) in [6.07, 6.45) is 1.11. The minimum atomic E-state index is -0.174. The van der Waals surface area contributed by atoms with Crippen LogP contribution in [-0.4, -0.2) is 31.5 Å². The molecule has 1 aliphatic rings. The molecule has 5 nitrogen and oxygen atoms in total. The SMILES string of the molecule is COc1ccc(Br)c(C(=O)NC2CCC(=O)NC2)c1. The van der Waals surface area contributed by atoms with E-state index in [1.807, 2.05) is 0 Å². The Hall–Kier alpha value is -1.56. The zero-order valence-electron chi connectivity index (χ0n) is 10.5. The van der Waals surface area contributed by atoms with E-state index in [-0.39, 0.29) is 17.9 Å². The lowest BCUT2D eigenvalue weighted by molar-refractivity contribution is -0.122. The van der Waals surface area contributed by atoms with Crippen LogP contribution in [0.15, 0.2) is 22.7 Å². The molecule has 0 bridgehead atoms. The average Bonchev–Trinajstić information content (AvgIpc) is 2.42. The molecule has 2 N–H and O–H groups in total. The van der Waals surface area contributed by atoms with Gasteiger partial charge in [-0.2, -0.15) is 0 Å². The van der Waals surface area contributed by atoms with Crippen molar-refractivity contribution in [3.05, 3.63) is 28.2 Å². The zero-order valence-corrected chi connectivity index (χ0v) is 12.1. The van der Waals surface area contributed by atoms with Crippen LogP contribution in [-0.2, 0) is 4.79 Å². The third-order valence-corrected chi connectivity index (χ3v) is 3.71. The summed E-state index contributed by atoms with van der Waals surface area (Å²) in [5.41, 5.74) is 0.524. The topological polar surface area (TPSA) is 67.4 Å². The maximum absolute atomic E-state index is 12.2. The molecule has 1 saturated heterocycles. The molecular formula is C13H15BrN2O3. The molecule has 1 heterocycles. The second-order valence-electron chi connectivity index (χ2n) is 4.36. The first kappa shape index (κ1) is 13.9. The number of piperidine rings is 1. The molecule has 0 radical (unpaired) electrons. The number of carbonyl (C=O) groups is 2. The summed E-state index contributed by atoms with van der Waals surface area (Å²) in [4.78, 5) is 23.2. The Morgan fingerprint density at radius 2 is 2.32 bits per heavy atom. The van der Waals surface area contributed by atoms with Crippen molar-refractivity contribution in [1.29, 1.82) is 0 Å². The number of amides is 2. The molecule has 2 rings (SSSR count). The molecule has 6 heteroatoms. The number of benzene rings is 1. The van der Waals surface area contributed by atoms with Crippen molar-refractivity contribution >= 4 is 27.7 Å². The van der Waals surface area contributed by atoms with Crippen molar-refractivity contribution in [2.45, 2.75) is 18.9 Å². The number of ether oxygens (including phenoxy) is 1. The Balaban J connectivity index is 2.05. The monoisotopic (exact) mass is 326 g/mol. The Labute approximate surface area is 119 Å². The quantitative estimate of drug-likeness (QED) is 0.883. The largest absolute Gasteiger partial charge is 0.497 e. The summed E-state index contributed by atoms with van der Waals surface area (Å²) in [7, 11) is 1.56. The van der Waals surface area contributed by atoms with Gasteiger partial charge in [-0.1, -0.05) is 0 Å². The molecule has 1 aromatic rings. The van der Waals surface area contributed by atoms with E-state index in [0.29, 0.717) is 35.2 Å². The standard InChI is InChI=1S/C13H15BrN2O3/c1-19-9-3-4-11(14)10(6-9)13(18)16-8-2-5-12(17)15-7-8/h3-4,6,8H,2,5,7H2,1H3,(H,15,17)(H,16,18). The average molecular weight is 327 g/mol. The zero-order chi connectivity index (χ0) is 13.8. The van der Waals surface area contributed by atoms with E-state index in [0.717, 1.165) is 0 Å². The number of methoxy groups -OCH3 is 1. The molecular weight excluding hydrogens is 312 g/mol. The van der Waals surface area contributed by atoms with E-state index in [1.165, 1.54) is 0 Å². The van der Waals surface area contributed by atoms with Gasteiger partial charge in [0.2, 0.25) is 5.91 Å². The van der Waals surface area contributed by atoms with Crippen molar-refractivity contribution in [1.82, 2.24) is 10.6 Å². The van der Waals surface area contributed by atoms with Crippen molar-refractivity contribution in [3.63, 3.8) is 0 Å². The predicted molar refractivity (Wildman–Crippen MR) is 74.2 cm³/mol. The maximum Gasteiger partial charge on any atom is 0.252 e. The second-order valence-corrected chi connectivity index (χ2v) is 5.21. The van der Waals surface area contributed by atoms with E-state index in [9.17, 15) is 9.59 Å². The molecule has 2 amide bonds. The van der Waals surface area contributed by atoms with Crippen LogP contribution in [0.1, 0.15) is 23.2 Å². The highest BCUT2D eigenvalue weighted by Crippen LogP contribution is 2.22. The van der Waals surface area contributed by atoms with E-state index < -0.39 is 0 Å². The summed E-state index contributed by atoms with van der Waals surface area (Å²) in [5, 5.41) is 5.64. The van der Waals surface area contributed by atoms with E-state index >= 15 is 0 Å². The lowest BCUT2D eigenvalue weighted by Crippen LogP contribution is -2.47. The summed E-state index contributed by atoms with van der Waals surface area (Å²) >= 11 is 3.35. The first-order valence-electron chi connectivity index (χ1n) is 6.01. The highest BCUT2D eigenvalue weighted by molar-refractivity contribution is 9.10. The van der Waals surface area contributed by atoms with Gasteiger partial charge in [0.05, 0.1) is 12.7 Å². The van der Waals surface area contributed by atoms with E-state index in [2.05, 4.69) is 26.6 Å². The fourth-order valence-corrected chi connectivity index (χ4v) is 2.35. The summed E-state index contributed by atoms with van der Waals surface area (Å²) in [5.74, 6) is 0.491. The Bertz CT molecular complexity index is 495. The van der Waals surface area contributed by atoms with Crippen LogP contribution >= 0.6 is 15.9 Å². The molecule has 19 heavy (non-hydrogen) atoms. The first-order valence-corrected chi connectivity index (χ1v) is 6.80. The maximum atomic E-state index is 12.2. The number of carbonyl (C=O) groups excluding carboxylic acids is 2. The van der Waals surface area contributed by atoms with Crippen LogP contribution in [0.5, 0.6) is 5.75 Å². The van der Waals surface area contributed by atoms with Crippen molar-refractivity contribution < 1.29 is 14.3 Å². The van der Waals surface area contributed by atoms with Crippen molar-refractivity contribution in [2.24, 2.45) is 0 Å². The second kappa shape index (κ2) is 6.06. The van der Waals surface area contributed by atoms with Crippen LogP contribution in [0.2, 0.25) is 0 Å². The number of hydrogen-bond donors (Lipinski definition) is 2. The summed E-state index contributed by atoms with van der Waals surface area (Å²) in [6, 6.07) is 5.21. The fourth-order valence-electron chi connectivity index (χ4n) is 1.92. The van der Waals surface area contributed by atoms with Gasteiger partial charge >= 0.3 is 0 Å². The Morgan fingerprint density at radius 1 is 1.53 bits per heavy atom.